The first-order valence-corrected chi connectivity index (χ1v) is 7.04. The molecule has 0 radical (unpaired) electrons. The van der Waals surface area contributed by atoms with E-state index in [-0.39, 0.29) is 18.6 Å². The van der Waals surface area contributed by atoms with Gasteiger partial charge in [-0.3, -0.25) is 4.79 Å². The Morgan fingerprint density at radius 3 is 3.06 bits per heavy atom. The lowest BCUT2D eigenvalue weighted by Crippen LogP contribution is -2.36. The zero-order valence-electron chi connectivity index (χ0n) is 9.40. The predicted molar refractivity (Wildman–Crippen MR) is 67.7 cm³/mol. The molecule has 1 aromatic rings. The average Bonchev–Trinajstić information content (AvgIpc) is 2.64. The van der Waals surface area contributed by atoms with Crippen molar-refractivity contribution in [2.75, 3.05) is 12.4 Å². The van der Waals surface area contributed by atoms with E-state index in [1.54, 1.807) is 18.3 Å². The van der Waals surface area contributed by atoms with Gasteiger partial charge < -0.3 is 10.4 Å². The summed E-state index contributed by atoms with van der Waals surface area (Å²) in [6.07, 6.45) is 0. The molecule has 1 atom stereocenters. The van der Waals surface area contributed by atoms with Gasteiger partial charge in [0.2, 0.25) is 5.91 Å². The van der Waals surface area contributed by atoms with Gasteiger partial charge in [-0.15, -0.1) is 23.1 Å². The Balaban J connectivity index is 2.18. The van der Waals surface area contributed by atoms with Crippen LogP contribution in [0.1, 0.15) is 17.6 Å². The van der Waals surface area contributed by atoms with Gasteiger partial charge in [-0.05, 0) is 13.8 Å². The molecule has 90 valence electrons. The molecule has 16 heavy (non-hydrogen) atoms. The average molecular weight is 260 g/mol. The molecule has 1 rings (SSSR count). The van der Waals surface area contributed by atoms with Gasteiger partial charge in [-0.2, -0.15) is 0 Å². The van der Waals surface area contributed by atoms with Crippen LogP contribution in [0.2, 0.25) is 0 Å². The number of aromatic nitrogens is 1. The highest BCUT2D eigenvalue weighted by atomic mass is 32.2. The van der Waals surface area contributed by atoms with E-state index in [0.717, 1.165) is 16.5 Å². The molecular formula is C10H16N2O2S2. The zero-order chi connectivity index (χ0) is 12.0. The summed E-state index contributed by atoms with van der Waals surface area (Å²) in [5, 5.41) is 14.5. The quantitative estimate of drug-likeness (QED) is 0.806. The summed E-state index contributed by atoms with van der Waals surface area (Å²) in [5.41, 5.74) is 1.02. The number of nitrogens with zero attached hydrogens (tertiary/aromatic N) is 1. The van der Waals surface area contributed by atoms with E-state index in [1.165, 1.54) is 11.8 Å². The molecule has 0 aliphatic rings. The standard InChI is InChI=1S/C10H16N2O2S2/c1-7(3-13)11-10(14)6-15-4-9-5-16-8(2)12-9/h5,7,13H,3-4,6H2,1-2H3,(H,11,14). The van der Waals surface area contributed by atoms with Crippen molar-refractivity contribution in [3.05, 3.63) is 16.1 Å². The molecule has 0 spiro atoms. The van der Waals surface area contributed by atoms with E-state index in [4.69, 9.17) is 5.11 Å². The van der Waals surface area contributed by atoms with E-state index >= 15 is 0 Å². The van der Waals surface area contributed by atoms with Gasteiger partial charge in [0.1, 0.15) is 0 Å². The molecule has 0 bridgehead atoms. The van der Waals surface area contributed by atoms with Crippen molar-refractivity contribution >= 4 is 29.0 Å². The Bertz CT molecular complexity index is 341. The third-order valence-corrected chi connectivity index (χ3v) is 3.62. The maximum absolute atomic E-state index is 11.3. The van der Waals surface area contributed by atoms with Crippen LogP contribution in [0.25, 0.3) is 0 Å². The number of hydrogen-bond acceptors (Lipinski definition) is 5. The fourth-order valence-electron chi connectivity index (χ4n) is 1.08. The minimum atomic E-state index is -0.172. The molecule has 4 nitrogen and oxygen atoms in total. The number of hydrogen-bond donors (Lipinski definition) is 2. The predicted octanol–water partition coefficient (Wildman–Crippen LogP) is 1.18. The topological polar surface area (TPSA) is 62.2 Å². The van der Waals surface area contributed by atoms with Crippen LogP contribution in [0.5, 0.6) is 0 Å². The SMILES string of the molecule is Cc1nc(CSCC(=O)NC(C)CO)cs1. The van der Waals surface area contributed by atoms with E-state index < -0.39 is 0 Å². The number of thioether (sulfide) groups is 1. The van der Waals surface area contributed by atoms with Crippen molar-refractivity contribution in [3.8, 4) is 0 Å². The molecule has 6 heteroatoms. The Kier molecular flexibility index (Phi) is 5.79. The van der Waals surface area contributed by atoms with Gasteiger partial charge in [0.05, 0.1) is 23.1 Å². The molecule has 1 amide bonds. The van der Waals surface area contributed by atoms with Gasteiger partial charge in [0.15, 0.2) is 0 Å². The smallest absolute Gasteiger partial charge is 0.230 e. The first-order valence-electron chi connectivity index (χ1n) is 5.00. The van der Waals surface area contributed by atoms with Crippen LogP contribution in [-0.4, -0.2) is 34.4 Å². The maximum Gasteiger partial charge on any atom is 0.230 e. The van der Waals surface area contributed by atoms with Crippen LogP contribution in [0.4, 0.5) is 0 Å². The fourth-order valence-corrected chi connectivity index (χ4v) is 2.53. The highest BCUT2D eigenvalue weighted by molar-refractivity contribution is 7.99. The van der Waals surface area contributed by atoms with Gasteiger partial charge in [0, 0.05) is 17.2 Å². The molecule has 0 saturated carbocycles. The van der Waals surface area contributed by atoms with Gasteiger partial charge >= 0.3 is 0 Å². The van der Waals surface area contributed by atoms with E-state index in [2.05, 4.69) is 10.3 Å². The highest BCUT2D eigenvalue weighted by Crippen LogP contribution is 2.14. The first kappa shape index (κ1) is 13.5. The van der Waals surface area contributed by atoms with Crippen molar-refractivity contribution in [2.24, 2.45) is 0 Å². The number of carbonyl (C=O) groups excluding carboxylic acids is 1. The number of nitrogens with one attached hydrogen (secondary N) is 1. The molecule has 2 N–H and O–H groups in total. The molecule has 0 aliphatic heterocycles. The Morgan fingerprint density at radius 2 is 2.50 bits per heavy atom. The van der Waals surface area contributed by atoms with E-state index in [1.807, 2.05) is 12.3 Å². The molecular weight excluding hydrogens is 244 g/mol. The van der Waals surface area contributed by atoms with Crippen LogP contribution >= 0.6 is 23.1 Å². The number of carbonyl (C=O) groups is 1. The Hall–Kier alpha value is -0.590. The lowest BCUT2D eigenvalue weighted by Gasteiger charge is -2.09. The summed E-state index contributed by atoms with van der Waals surface area (Å²) in [7, 11) is 0. The van der Waals surface area contributed by atoms with Crippen molar-refractivity contribution < 1.29 is 9.90 Å². The van der Waals surface area contributed by atoms with Crippen LogP contribution in [-0.2, 0) is 10.5 Å². The van der Waals surface area contributed by atoms with Crippen molar-refractivity contribution in [1.82, 2.24) is 10.3 Å². The molecule has 1 heterocycles. The summed E-state index contributed by atoms with van der Waals surface area (Å²) in [4.78, 5) is 15.7. The lowest BCUT2D eigenvalue weighted by molar-refractivity contribution is -0.119. The molecule has 0 aliphatic carbocycles. The third kappa shape index (κ3) is 4.96. The van der Waals surface area contributed by atoms with Crippen molar-refractivity contribution in [3.63, 3.8) is 0 Å². The number of aryl methyl sites for hydroxylation is 1. The first-order chi connectivity index (χ1) is 7.61. The van der Waals surface area contributed by atoms with Gasteiger partial charge in [-0.1, -0.05) is 0 Å². The van der Waals surface area contributed by atoms with Crippen molar-refractivity contribution in [1.29, 1.82) is 0 Å². The van der Waals surface area contributed by atoms with Crippen molar-refractivity contribution in [2.45, 2.75) is 25.6 Å². The van der Waals surface area contributed by atoms with Crippen LogP contribution < -0.4 is 5.32 Å². The number of aliphatic hydroxyl groups is 1. The highest BCUT2D eigenvalue weighted by Gasteiger charge is 2.06. The third-order valence-electron chi connectivity index (χ3n) is 1.83. The molecule has 0 fully saturated rings. The summed E-state index contributed by atoms with van der Waals surface area (Å²) in [6, 6.07) is -0.172. The second-order valence-corrected chi connectivity index (χ2v) is 5.55. The minimum absolute atomic E-state index is 0.0261. The normalized spacial score (nSPS) is 12.4. The minimum Gasteiger partial charge on any atom is -0.394 e. The zero-order valence-corrected chi connectivity index (χ0v) is 11.0. The number of aliphatic hydroxyl groups excluding tert-OH is 1. The maximum atomic E-state index is 11.3. The second kappa shape index (κ2) is 6.88. The second-order valence-electron chi connectivity index (χ2n) is 3.50. The van der Waals surface area contributed by atoms with Gasteiger partial charge in [0.25, 0.3) is 0 Å². The number of amides is 1. The largest absolute Gasteiger partial charge is 0.394 e. The van der Waals surface area contributed by atoms with Crippen LogP contribution in [0.15, 0.2) is 5.38 Å². The summed E-state index contributed by atoms with van der Waals surface area (Å²) in [5.74, 6) is 1.12. The van der Waals surface area contributed by atoms with Crippen LogP contribution in [0.3, 0.4) is 0 Å². The summed E-state index contributed by atoms with van der Waals surface area (Å²) < 4.78 is 0. The summed E-state index contributed by atoms with van der Waals surface area (Å²) in [6.45, 7) is 3.71. The molecule has 0 aromatic carbocycles. The summed E-state index contributed by atoms with van der Waals surface area (Å²) >= 11 is 3.15. The Morgan fingerprint density at radius 1 is 1.75 bits per heavy atom. The Labute approximate surface area is 103 Å². The van der Waals surface area contributed by atoms with E-state index in [0.29, 0.717) is 5.75 Å². The van der Waals surface area contributed by atoms with Gasteiger partial charge in [-0.25, -0.2) is 4.98 Å². The molecule has 1 unspecified atom stereocenters. The number of rotatable bonds is 6. The molecule has 1 aromatic heterocycles. The lowest BCUT2D eigenvalue weighted by atomic mass is 10.4. The fraction of sp³-hybridized carbons (Fsp3) is 0.600. The van der Waals surface area contributed by atoms with Crippen LogP contribution in [0, 0.1) is 6.92 Å². The monoisotopic (exact) mass is 260 g/mol. The van der Waals surface area contributed by atoms with E-state index in [9.17, 15) is 4.79 Å². The number of thiazole rings is 1. The molecule has 0 saturated heterocycles.